The van der Waals surface area contributed by atoms with Gasteiger partial charge in [-0.25, -0.2) is 0 Å². The van der Waals surface area contributed by atoms with Crippen molar-refractivity contribution in [2.75, 3.05) is 27.2 Å². The number of guanidine groups is 1. The Balaban J connectivity index is 2.12. The Hall–Kier alpha value is -0.770. The van der Waals surface area contributed by atoms with Crippen LogP contribution in [-0.4, -0.2) is 54.5 Å². The van der Waals surface area contributed by atoms with Gasteiger partial charge in [0.2, 0.25) is 0 Å². The average Bonchev–Trinajstić information content (AvgIpc) is 2.42. The molecule has 2 aliphatic rings. The third kappa shape index (κ3) is 1.29. The van der Waals surface area contributed by atoms with Gasteiger partial charge in [0, 0.05) is 19.6 Å². The van der Waals surface area contributed by atoms with E-state index < -0.39 is 0 Å². The number of hydrogen-bond acceptors (Lipinski definition) is 4. The standard InChI is InChI=1S/C10H20N4/c1-8-6-10(4-5-13(8)2)7-12-9(11)14(10)3/h8H,4-7H2,1-3H3,(H2,11,12). The zero-order valence-corrected chi connectivity index (χ0v) is 9.32. The molecule has 2 rings (SSSR count). The summed E-state index contributed by atoms with van der Waals surface area (Å²) in [6, 6.07) is 0.632. The number of rotatable bonds is 0. The van der Waals surface area contributed by atoms with Crippen molar-refractivity contribution in [2.45, 2.75) is 31.3 Å². The molecule has 0 aromatic carbocycles. The Morgan fingerprint density at radius 2 is 2.21 bits per heavy atom. The van der Waals surface area contributed by atoms with Crippen LogP contribution in [-0.2, 0) is 0 Å². The summed E-state index contributed by atoms with van der Waals surface area (Å²) < 4.78 is 0. The molecule has 2 unspecified atom stereocenters. The summed E-state index contributed by atoms with van der Waals surface area (Å²) in [6.07, 6.45) is 2.35. The molecule has 1 fully saturated rings. The van der Waals surface area contributed by atoms with Crippen LogP contribution >= 0.6 is 0 Å². The van der Waals surface area contributed by atoms with Gasteiger partial charge < -0.3 is 15.5 Å². The van der Waals surface area contributed by atoms with E-state index in [2.05, 4.69) is 35.8 Å². The topological polar surface area (TPSA) is 44.9 Å². The second-order valence-electron chi connectivity index (χ2n) is 4.74. The molecule has 0 aliphatic carbocycles. The number of nitrogens with two attached hydrogens (primary N) is 1. The summed E-state index contributed by atoms with van der Waals surface area (Å²) in [5.41, 5.74) is 6.04. The maximum atomic E-state index is 5.83. The summed E-state index contributed by atoms with van der Waals surface area (Å²) in [6.45, 7) is 4.31. The van der Waals surface area contributed by atoms with Gasteiger partial charge >= 0.3 is 0 Å². The minimum absolute atomic E-state index is 0.218. The van der Waals surface area contributed by atoms with Gasteiger partial charge in [0.1, 0.15) is 0 Å². The molecule has 4 heteroatoms. The molecule has 2 atom stereocenters. The zero-order valence-electron chi connectivity index (χ0n) is 9.32. The van der Waals surface area contributed by atoms with Crippen molar-refractivity contribution in [3.8, 4) is 0 Å². The molecule has 0 aromatic heterocycles. The monoisotopic (exact) mass is 196 g/mol. The molecule has 80 valence electrons. The Kier molecular flexibility index (Phi) is 2.18. The minimum atomic E-state index is 0.218. The van der Waals surface area contributed by atoms with E-state index in [-0.39, 0.29) is 5.54 Å². The lowest BCUT2D eigenvalue weighted by Gasteiger charge is -2.46. The minimum Gasteiger partial charge on any atom is -0.370 e. The van der Waals surface area contributed by atoms with Crippen molar-refractivity contribution in [1.29, 1.82) is 0 Å². The highest BCUT2D eigenvalue weighted by atomic mass is 15.4. The molecule has 2 heterocycles. The molecule has 2 N–H and O–H groups in total. The number of hydrogen-bond donors (Lipinski definition) is 1. The maximum absolute atomic E-state index is 5.83. The van der Waals surface area contributed by atoms with Crippen molar-refractivity contribution in [2.24, 2.45) is 10.7 Å². The number of likely N-dealkylation sites (N-methyl/N-ethyl adjacent to an activating group) is 1. The van der Waals surface area contributed by atoms with E-state index in [1.807, 2.05) is 0 Å². The van der Waals surface area contributed by atoms with E-state index in [9.17, 15) is 0 Å². The molecule has 1 saturated heterocycles. The Morgan fingerprint density at radius 3 is 2.71 bits per heavy atom. The fourth-order valence-electron chi connectivity index (χ4n) is 2.54. The van der Waals surface area contributed by atoms with E-state index in [1.165, 1.54) is 12.8 Å². The van der Waals surface area contributed by atoms with Crippen molar-refractivity contribution < 1.29 is 0 Å². The van der Waals surface area contributed by atoms with Crippen LogP contribution in [0.25, 0.3) is 0 Å². The fourth-order valence-corrected chi connectivity index (χ4v) is 2.54. The average molecular weight is 196 g/mol. The molecule has 14 heavy (non-hydrogen) atoms. The predicted octanol–water partition coefficient (Wildman–Crippen LogP) is 0.0994. The fraction of sp³-hybridized carbons (Fsp3) is 0.900. The number of piperidine rings is 1. The first-order valence-corrected chi connectivity index (χ1v) is 5.29. The number of nitrogens with zero attached hydrogens (tertiary/aromatic N) is 3. The summed E-state index contributed by atoms with van der Waals surface area (Å²) in [4.78, 5) is 8.94. The van der Waals surface area contributed by atoms with E-state index in [1.54, 1.807) is 0 Å². The van der Waals surface area contributed by atoms with Crippen molar-refractivity contribution in [1.82, 2.24) is 9.80 Å². The second-order valence-corrected chi connectivity index (χ2v) is 4.74. The normalized spacial score (nSPS) is 39.2. The van der Waals surface area contributed by atoms with Crippen LogP contribution < -0.4 is 5.73 Å². The Labute approximate surface area is 85.8 Å². The molecule has 0 amide bonds. The third-order valence-corrected chi connectivity index (χ3v) is 3.95. The highest BCUT2D eigenvalue weighted by Crippen LogP contribution is 2.33. The van der Waals surface area contributed by atoms with Gasteiger partial charge in [0.25, 0.3) is 0 Å². The Morgan fingerprint density at radius 1 is 1.50 bits per heavy atom. The summed E-state index contributed by atoms with van der Waals surface area (Å²) >= 11 is 0. The molecule has 4 nitrogen and oxygen atoms in total. The summed E-state index contributed by atoms with van der Waals surface area (Å²) in [5.74, 6) is 0.710. The molecule has 0 bridgehead atoms. The van der Waals surface area contributed by atoms with Crippen LogP contribution in [0.3, 0.4) is 0 Å². The summed E-state index contributed by atoms with van der Waals surface area (Å²) in [7, 11) is 4.26. The molecule has 2 aliphatic heterocycles. The smallest absolute Gasteiger partial charge is 0.191 e. The van der Waals surface area contributed by atoms with Crippen molar-refractivity contribution >= 4 is 5.96 Å². The van der Waals surface area contributed by atoms with Gasteiger partial charge in [-0.3, -0.25) is 4.99 Å². The van der Waals surface area contributed by atoms with Gasteiger partial charge in [-0.05, 0) is 26.8 Å². The second kappa shape index (κ2) is 3.12. The first kappa shape index (κ1) is 9.77. The van der Waals surface area contributed by atoms with Gasteiger partial charge in [0.05, 0.1) is 12.1 Å². The molecule has 1 spiro atoms. The van der Waals surface area contributed by atoms with E-state index in [0.717, 1.165) is 13.1 Å². The highest BCUT2D eigenvalue weighted by Gasteiger charge is 2.44. The third-order valence-electron chi connectivity index (χ3n) is 3.95. The van der Waals surface area contributed by atoms with E-state index in [0.29, 0.717) is 12.0 Å². The first-order chi connectivity index (χ1) is 6.55. The Bertz CT molecular complexity index is 263. The van der Waals surface area contributed by atoms with Crippen LogP contribution in [0.4, 0.5) is 0 Å². The number of likely N-dealkylation sites (tertiary alicyclic amines) is 1. The largest absolute Gasteiger partial charge is 0.370 e. The van der Waals surface area contributed by atoms with Gasteiger partial charge in [-0.15, -0.1) is 0 Å². The van der Waals surface area contributed by atoms with Crippen molar-refractivity contribution in [3.63, 3.8) is 0 Å². The SMILES string of the molecule is CC1CC2(CCN1C)CN=C(N)N2C. The first-order valence-electron chi connectivity index (χ1n) is 5.29. The van der Waals surface area contributed by atoms with E-state index in [4.69, 9.17) is 5.73 Å². The van der Waals surface area contributed by atoms with Crippen molar-refractivity contribution in [3.05, 3.63) is 0 Å². The van der Waals surface area contributed by atoms with Crippen LogP contribution in [0.1, 0.15) is 19.8 Å². The molecular weight excluding hydrogens is 176 g/mol. The lowest BCUT2D eigenvalue weighted by atomic mass is 9.83. The maximum Gasteiger partial charge on any atom is 0.191 e. The van der Waals surface area contributed by atoms with Gasteiger partial charge in [-0.2, -0.15) is 0 Å². The molecule has 0 saturated carbocycles. The molecule has 0 radical (unpaired) electrons. The lowest BCUT2D eigenvalue weighted by Crippen LogP contribution is -2.57. The van der Waals surface area contributed by atoms with Crippen LogP contribution in [0.5, 0.6) is 0 Å². The van der Waals surface area contributed by atoms with Gasteiger partial charge in [0.15, 0.2) is 5.96 Å². The number of aliphatic imine (C=N–C) groups is 1. The van der Waals surface area contributed by atoms with Crippen LogP contribution in [0.2, 0.25) is 0 Å². The zero-order chi connectivity index (χ0) is 10.3. The molecular formula is C10H20N4. The lowest BCUT2D eigenvalue weighted by molar-refractivity contribution is 0.0753. The van der Waals surface area contributed by atoms with E-state index >= 15 is 0 Å². The van der Waals surface area contributed by atoms with Crippen LogP contribution in [0.15, 0.2) is 4.99 Å². The quantitative estimate of drug-likeness (QED) is 0.597. The van der Waals surface area contributed by atoms with Crippen LogP contribution in [0, 0.1) is 0 Å². The summed E-state index contributed by atoms with van der Waals surface area (Å²) in [5, 5.41) is 0. The highest BCUT2D eigenvalue weighted by molar-refractivity contribution is 5.80. The van der Waals surface area contributed by atoms with Gasteiger partial charge in [-0.1, -0.05) is 0 Å². The molecule has 0 aromatic rings. The predicted molar refractivity (Wildman–Crippen MR) is 58.3 cm³/mol.